The lowest BCUT2D eigenvalue weighted by Gasteiger charge is -2.14. The van der Waals surface area contributed by atoms with E-state index in [1.807, 2.05) is 36.4 Å². The van der Waals surface area contributed by atoms with E-state index in [4.69, 9.17) is 0 Å². The van der Waals surface area contributed by atoms with E-state index in [9.17, 15) is 23.7 Å². The summed E-state index contributed by atoms with van der Waals surface area (Å²) in [5.41, 5.74) is 4.76. The molecule has 4 aromatic carbocycles. The molecule has 1 unspecified atom stereocenters. The Kier molecular flexibility index (Phi) is 9.21. The van der Waals surface area contributed by atoms with Gasteiger partial charge in [-0.25, -0.2) is 8.42 Å². The van der Waals surface area contributed by atoms with Crippen molar-refractivity contribution in [2.24, 2.45) is 0 Å². The second-order valence-corrected chi connectivity index (χ2v) is 10.9. The summed E-state index contributed by atoms with van der Waals surface area (Å²) >= 11 is 0. The second kappa shape index (κ2) is 12.8. The van der Waals surface area contributed by atoms with Gasteiger partial charge in [-0.05, 0) is 85.1 Å². The lowest BCUT2D eigenvalue weighted by atomic mass is 10.1. The van der Waals surface area contributed by atoms with Crippen LogP contribution in [-0.2, 0) is 23.1 Å². The van der Waals surface area contributed by atoms with E-state index in [1.54, 1.807) is 55.5 Å². The molecule has 1 atom stereocenters. The van der Waals surface area contributed by atoms with Gasteiger partial charge < -0.3 is 26.0 Å². The van der Waals surface area contributed by atoms with Gasteiger partial charge in [0.05, 0.1) is 17.6 Å². The van der Waals surface area contributed by atoms with E-state index in [-0.39, 0.29) is 17.3 Å². The molecule has 9 heteroatoms. The quantitative estimate of drug-likeness (QED) is 0.143. The Morgan fingerprint density at radius 2 is 1.56 bits per heavy atom. The van der Waals surface area contributed by atoms with E-state index in [2.05, 4.69) is 15.4 Å². The Labute approximate surface area is 229 Å². The Balaban J connectivity index is 1.31. The number of para-hydroxylation sites is 1. The number of benzene rings is 4. The minimum absolute atomic E-state index is 0.00673. The molecule has 4 aromatic rings. The number of aliphatic hydroxyl groups excluding tert-OH is 2. The smallest absolute Gasteiger partial charge is 0.262 e. The molecule has 0 aliphatic heterocycles. The third-order valence-electron chi connectivity index (χ3n) is 6.33. The van der Waals surface area contributed by atoms with Gasteiger partial charge in [-0.3, -0.25) is 4.72 Å². The molecule has 204 valence electrons. The van der Waals surface area contributed by atoms with Crippen LogP contribution in [0.5, 0.6) is 5.75 Å². The highest BCUT2D eigenvalue weighted by Crippen LogP contribution is 2.26. The topological polar surface area (TPSA) is 131 Å². The zero-order chi connectivity index (χ0) is 27.8. The highest BCUT2D eigenvalue weighted by Gasteiger charge is 2.18. The minimum atomic E-state index is -3.74. The molecule has 0 heterocycles. The van der Waals surface area contributed by atoms with Gasteiger partial charge in [0.25, 0.3) is 10.0 Å². The highest BCUT2D eigenvalue weighted by atomic mass is 32.2. The Bertz CT molecular complexity index is 1490. The summed E-state index contributed by atoms with van der Waals surface area (Å²) in [6, 6.07) is 26.6. The molecule has 0 saturated carbocycles. The predicted octanol–water partition coefficient (Wildman–Crippen LogP) is 4.60. The van der Waals surface area contributed by atoms with Crippen molar-refractivity contribution in [1.82, 2.24) is 5.32 Å². The van der Waals surface area contributed by atoms with Crippen molar-refractivity contribution in [3.63, 3.8) is 0 Å². The van der Waals surface area contributed by atoms with Crippen LogP contribution in [-0.4, -0.2) is 36.8 Å². The Morgan fingerprint density at radius 3 is 2.28 bits per heavy atom. The van der Waals surface area contributed by atoms with Gasteiger partial charge in [0.1, 0.15) is 5.75 Å². The zero-order valence-corrected chi connectivity index (χ0v) is 22.4. The number of hydrogen-bond donors (Lipinski definition) is 6. The molecule has 0 aliphatic carbocycles. The molecule has 6 N–H and O–H groups in total. The summed E-state index contributed by atoms with van der Waals surface area (Å²) in [6.45, 7) is 2.47. The number of hydrogen-bond acceptors (Lipinski definition) is 7. The molecule has 0 amide bonds. The third kappa shape index (κ3) is 7.58. The number of anilines is 3. The molecule has 0 saturated heterocycles. The molecule has 0 aromatic heterocycles. The molecule has 0 aliphatic rings. The van der Waals surface area contributed by atoms with Crippen molar-refractivity contribution in [2.45, 2.75) is 31.0 Å². The van der Waals surface area contributed by atoms with Crippen molar-refractivity contribution in [2.75, 3.05) is 23.1 Å². The molecule has 39 heavy (non-hydrogen) atoms. The fraction of sp³-hybridized carbons (Fsp3) is 0.200. The first kappa shape index (κ1) is 28.1. The van der Waals surface area contributed by atoms with Gasteiger partial charge in [-0.15, -0.1) is 0 Å². The summed E-state index contributed by atoms with van der Waals surface area (Å²) < 4.78 is 28.6. The van der Waals surface area contributed by atoms with Gasteiger partial charge in [-0.1, -0.05) is 42.5 Å². The fourth-order valence-corrected chi connectivity index (χ4v) is 5.46. The lowest BCUT2D eigenvalue weighted by Crippen LogP contribution is -2.23. The maximum Gasteiger partial charge on any atom is 0.262 e. The van der Waals surface area contributed by atoms with E-state index >= 15 is 0 Å². The standard InChI is InChI=1S/C30H33N3O5S/c1-21-7-11-27(18-30(21)39(37,38)33-26-5-3-2-4-6-26)32-25-12-8-22(9-13-25)15-16-31-19-29(36)23-10-14-28(35)24(17-23)20-34/h2-14,17-18,29,31-36H,15-16,19-20H2,1H3. The SMILES string of the molecule is Cc1ccc(Nc2ccc(CCNCC(O)c3ccc(O)c(CO)c3)cc2)cc1S(=O)(=O)Nc1ccccc1. The van der Waals surface area contributed by atoms with Gasteiger partial charge in [0, 0.05) is 29.2 Å². The summed E-state index contributed by atoms with van der Waals surface area (Å²) in [5.74, 6) is 0.00673. The monoisotopic (exact) mass is 547 g/mol. The summed E-state index contributed by atoms with van der Waals surface area (Å²) in [6.07, 6.45) is -0.00341. The van der Waals surface area contributed by atoms with Crippen LogP contribution in [0.3, 0.4) is 0 Å². The summed E-state index contributed by atoms with van der Waals surface area (Å²) in [4.78, 5) is 0.209. The van der Waals surface area contributed by atoms with Crippen LogP contribution in [0.15, 0.2) is 95.9 Å². The van der Waals surface area contributed by atoms with Crippen LogP contribution in [0.25, 0.3) is 0 Å². The normalized spacial score (nSPS) is 12.2. The van der Waals surface area contributed by atoms with Gasteiger partial charge >= 0.3 is 0 Å². The first-order chi connectivity index (χ1) is 18.7. The summed E-state index contributed by atoms with van der Waals surface area (Å²) in [5, 5.41) is 35.8. The van der Waals surface area contributed by atoms with Crippen LogP contribution in [0, 0.1) is 6.92 Å². The van der Waals surface area contributed by atoms with Crippen molar-refractivity contribution in [3.8, 4) is 5.75 Å². The maximum absolute atomic E-state index is 13.0. The molecule has 0 bridgehead atoms. The average molecular weight is 548 g/mol. The summed E-state index contributed by atoms with van der Waals surface area (Å²) in [7, 11) is -3.74. The molecule has 8 nitrogen and oxygen atoms in total. The first-order valence-electron chi connectivity index (χ1n) is 12.6. The van der Waals surface area contributed by atoms with Crippen molar-refractivity contribution < 1.29 is 23.7 Å². The van der Waals surface area contributed by atoms with E-state index < -0.39 is 16.1 Å². The number of phenols is 1. The molecular weight excluding hydrogens is 514 g/mol. The maximum atomic E-state index is 13.0. The van der Waals surface area contributed by atoms with Crippen LogP contribution in [0.1, 0.15) is 28.4 Å². The predicted molar refractivity (Wildman–Crippen MR) is 154 cm³/mol. The van der Waals surface area contributed by atoms with Crippen LogP contribution < -0.4 is 15.4 Å². The highest BCUT2D eigenvalue weighted by molar-refractivity contribution is 7.92. The van der Waals surface area contributed by atoms with Crippen LogP contribution in [0.4, 0.5) is 17.1 Å². The molecule has 0 fully saturated rings. The van der Waals surface area contributed by atoms with Crippen LogP contribution >= 0.6 is 0 Å². The number of aliphatic hydroxyl groups is 2. The fourth-order valence-electron chi connectivity index (χ4n) is 4.13. The first-order valence-corrected chi connectivity index (χ1v) is 14.1. The largest absolute Gasteiger partial charge is 0.508 e. The third-order valence-corrected chi connectivity index (χ3v) is 7.86. The Hall–Kier alpha value is -3.89. The zero-order valence-electron chi connectivity index (χ0n) is 21.6. The second-order valence-electron chi connectivity index (χ2n) is 9.29. The van der Waals surface area contributed by atoms with Gasteiger partial charge in [-0.2, -0.15) is 0 Å². The number of nitrogens with one attached hydrogen (secondary N) is 3. The van der Waals surface area contributed by atoms with E-state index in [1.165, 1.54) is 6.07 Å². The molecule has 0 radical (unpaired) electrons. The average Bonchev–Trinajstić information content (AvgIpc) is 2.93. The van der Waals surface area contributed by atoms with Crippen molar-refractivity contribution in [3.05, 3.63) is 113 Å². The molecule has 0 spiro atoms. The van der Waals surface area contributed by atoms with Gasteiger partial charge in [0.2, 0.25) is 0 Å². The number of aryl methyl sites for hydroxylation is 1. The minimum Gasteiger partial charge on any atom is -0.508 e. The number of aromatic hydroxyl groups is 1. The Morgan fingerprint density at radius 1 is 0.846 bits per heavy atom. The number of rotatable bonds is 12. The van der Waals surface area contributed by atoms with Crippen molar-refractivity contribution >= 4 is 27.1 Å². The molecular formula is C30H33N3O5S. The lowest BCUT2D eigenvalue weighted by molar-refractivity contribution is 0.174. The number of sulfonamides is 1. The van der Waals surface area contributed by atoms with Crippen molar-refractivity contribution in [1.29, 1.82) is 0 Å². The van der Waals surface area contributed by atoms with Gasteiger partial charge in [0.15, 0.2) is 0 Å². The molecule has 4 rings (SSSR count). The van der Waals surface area contributed by atoms with E-state index in [0.717, 1.165) is 17.7 Å². The van der Waals surface area contributed by atoms with E-state index in [0.29, 0.717) is 41.2 Å². The van der Waals surface area contributed by atoms with Crippen LogP contribution in [0.2, 0.25) is 0 Å².